The number of carbonyl (C=O) groups is 1. The van der Waals surface area contributed by atoms with Gasteiger partial charge >= 0.3 is 6.03 Å². The van der Waals surface area contributed by atoms with Crippen LogP contribution in [0.2, 0.25) is 0 Å². The number of ether oxygens (including phenoxy) is 2. The van der Waals surface area contributed by atoms with Gasteiger partial charge in [0.2, 0.25) is 0 Å². The molecule has 2 rings (SSSR count). The summed E-state index contributed by atoms with van der Waals surface area (Å²) in [5.74, 6) is -1.08. The fraction of sp³-hybridized carbons (Fsp3) is 0.448. The van der Waals surface area contributed by atoms with Gasteiger partial charge in [-0.1, -0.05) is 33.3 Å². The first-order valence-corrected chi connectivity index (χ1v) is 12.9. The molecule has 216 valence electrons. The number of urea groups is 1. The van der Waals surface area contributed by atoms with Crippen LogP contribution >= 0.6 is 0 Å². The van der Waals surface area contributed by atoms with E-state index < -0.39 is 23.3 Å². The Kier molecular flexibility index (Phi) is 14.7. The van der Waals surface area contributed by atoms with E-state index in [1.807, 2.05) is 0 Å². The highest BCUT2D eigenvalue weighted by atomic mass is 19.1. The SMILES string of the molecule is C=C(Nc1ccc(NC(=O)NCCC(C)(C)F)cc1F)c1c(F)cc(OCCOC)cc1N=CC.CCCC. The van der Waals surface area contributed by atoms with Gasteiger partial charge in [-0.3, -0.25) is 4.99 Å². The number of hydrogen-bond acceptors (Lipinski definition) is 5. The molecule has 0 radical (unpaired) electrons. The standard InChI is InChI=1S/C25H31F3N4O3.C4H10/c1-6-29-22-15-18(35-12-11-34-5)14-20(27)23(22)16(2)31-21-8-7-17(13-19(21)26)32-24(33)30-10-9-25(3,4)28;1-3-4-2/h6-8,13-15,31H,2,9-12H2,1,3-5H3,(H2,30,32,33);3-4H2,1-2H3. The average Bonchev–Trinajstić information content (AvgIpc) is 2.85. The molecule has 10 heteroatoms. The van der Waals surface area contributed by atoms with Crippen molar-refractivity contribution in [2.75, 3.05) is 37.5 Å². The highest BCUT2D eigenvalue weighted by Gasteiger charge is 2.17. The lowest BCUT2D eigenvalue weighted by Gasteiger charge is -2.16. The minimum atomic E-state index is -1.41. The van der Waals surface area contributed by atoms with Crippen LogP contribution in [0.3, 0.4) is 0 Å². The second kappa shape index (κ2) is 17.1. The van der Waals surface area contributed by atoms with E-state index in [4.69, 9.17) is 9.47 Å². The molecular weight excluding hydrogens is 509 g/mol. The molecule has 0 saturated heterocycles. The lowest BCUT2D eigenvalue weighted by atomic mass is 10.1. The van der Waals surface area contributed by atoms with Gasteiger partial charge in [0.05, 0.1) is 23.5 Å². The number of halogens is 3. The Bertz CT molecular complexity index is 1100. The van der Waals surface area contributed by atoms with Crippen molar-refractivity contribution in [3.8, 4) is 5.75 Å². The average molecular weight is 551 g/mol. The van der Waals surface area contributed by atoms with E-state index >= 15 is 0 Å². The minimum absolute atomic E-state index is 0.0198. The van der Waals surface area contributed by atoms with Crippen LogP contribution in [0, 0.1) is 11.6 Å². The highest BCUT2D eigenvalue weighted by Crippen LogP contribution is 2.34. The molecular formula is C29H41F3N4O3. The van der Waals surface area contributed by atoms with Crippen molar-refractivity contribution in [3.05, 3.63) is 54.1 Å². The number of nitrogens with zero attached hydrogens (tertiary/aromatic N) is 1. The second-order valence-electron chi connectivity index (χ2n) is 9.18. The summed E-state index contributed by atoms with van der Waals surface area (Å²) in [7, 11) is 1.53. The lowest BCUT2D eigenvalue weighted by molar-refractivity contribution is 0.146. The van der Waals surface area contributed by atoms with Gasteiger partial charge in [0.1, 0.15) is 29.7 Å². The van der Waals surface area contributed by atoms with Gasteiger partial charge in [0.25, 0.3) is 0 Å². The molecule has 2 aromatic carbocycles. The monoisotopic (exact) mass is 550 g/mol. The quantitative estimate of drug-likeness (QED) is 0.175. The van der Waals surface area contributed by atoms with Crippen molar-refractivity contribution < 1.29 is 27.4 Å². The van der Waals surface area contributed by atoms with Crippen LogP contribution in [0.5, 0.6) is 5.75 Å². The van der Waals surface area contributed by atoms with Gasteiger partial charge in [-0.25, -0.2) is 18.0 Å². The van der Waals surface area contributed by atoms with E-state index in [1.54, 1.807) is 13.0 Å². The Labute approximate surface area is 229 Å². The summed E-state index contributed by atoms with van der Waals surface area (Å²) >= 11 is 0. The maximum Gasteiger partial charge on any atom is 0.319 e. The van der Waals surface area contributed by atoms with E-state index in [0.29, 0.717) is 6.61 Å². The molecule has 0 aromatic heterocycles. The normalized spacial score (nSPS) is 11.0. The fourth-order valence-electron chi connectivity index (χ4n) is 3.00. The number of hydrogen-bond donors (Lipinski definition) is 3. The van der Waals surface area contributed by atoms with Crippen LogP contribution in [0.4, 0.5) is 35.0 Å². The molecule has 0 saturated carbocycles. The Morgan fingerprint density at radius 1 is 1.08 bits per heavy atom. The number of amides is 2. The van der Waals surface area contributed by atoms with Crippen LogP contribution in [-0.4, -0.2) is 44.8 Å². The van der Waals surface area contributed by atoms with Crippen LogP contribution in [0.25, 0.3) is 5.70 Å². The number of nitrogens with one attached hydrogen (secondary N) is 3. The smallest absolute Gasteiger partial charge is 0.319 e. The number of carbonyl (C=O) groups excluding carboxylic acids is 1. The van der Waals surface area contributed by atoms with Crippen molar-refractivity contribution >= 4 is 35.0 Å². The van der Waals surface area contributed by atoms with Gasteiger partial charge < -0.3 is 25.4 Å². The van der Waals surface area contributed by atoms with Crippen molar-refractivity contribution in [2.24, 2.45) is 4.99 Å². The molecule has 2 aromatic rings. The molecule has 0 spiro atoms. The first kappa shape index (κ1) is 33.5. The Balaban J connectivity index is 0.00000177. The van der Waals surface area contributed by atoms with Crippen molar-refractivity contribution in [1.82, 2.24) is 5.32 Å². The third-order valence-electron chi connectivity index (χ3n) is 5.19. The predicted octanol–water partition coefficient (Wildman–Crippen LogP) is 7.86. The third kappa shape index (κ3) is 12.7. The van der Waals surface area contributed by atoms with E-state index in [9.17, 15) is 18.0 Å². The number of methoxy groups -OCH3 is 1. The van der Waals surface area contributed by atoms with Crippen molar-refractivity contribution in [2.45, 2.75) is 59.5 Å². The molecule has 2 amide bonds. The summed E-state index contributed by atoms with van der Waals surface area (Å²) in [6, 6.07) is 6.10. The molecule has 39 heavy (non-hydrogen) atoms. The Morgan fingerprint density at radius 2 is 1.77 bits per heavy atom. The predicted molar refractivity (Wildman–Crippen MR) is 154 cm³/mol. The maximum absolute atomic E-state index is 14.9. The number of unbranched alkanes of at least 4 members (excludes halogenated alkanes) is 1. The van der Waals surface area contributed by atoms with E-state index in [0.717, 1.165) is 6.07 Å². The zero-order chi connectivity index (χ0) is 29.4. The van der Waals surface area contributed by atoms with Gasteiger partial charge in [-0.2, -0.15) is 0 Å². The fourth-order valence-corrected chi connectivity index (χ4v) is 3.00. The zero-order valence-corrected chi connectivity index (χ0v) is 23.7. The molecule has 0 unspecified atom stereocenters. The lowest BCUT2D eigenvalue weighted by Crippen LogP contribution is -2.32. The number of anilines is 2. The molecule has 0 heterocycles. The largest absolute Gasteiger partial charge is 0.491 e. The first-order chi connectivity index (χ1) is 18.4. The van der Waals surface area contributed by atoms with Gasteiger partial charge in [0, 0.05) is 43.4 Å². The number of benzene rings is 2. The summed E-state index contributed by atoms with van der Waals surface area (Å²) in [5, 5.41) is 7.74. The van der Waals surface area contributed by atoms with Crippen molar-refractivity contribution in [3.63, 3.8) is 0 Å². The topological polar surface area (TPSA) is 84.0 Å². The van der Waals surface area contributed by atoms with Gasteiger partial charge in [-0.05, 0) is 45.4 Å². The molecule has 0 aliphatic rings. The number of aliphatic imine (C=N–C) groups is 1. The van der Waals surface area contributed by atoms with Crippen LogP contribution < -0.4 is 20.7 Å². The minimum Gasteiger partial charge on any atom is -0.491 e. The molecule has 0 fully saturated rings. The summed E-state index contributed by atoms with van der Waals surface area (Å²) in [4.78, 5) is 16.1. The maximum atomic E-state index is 14.9. The summed E-state index contributed by atoms with van der Waals surface area (Å²) in [6.07, 6.45) is 4.27. The molecule has 0 bridgehead atoms. The molecule has 0 atom stereocenters. The molecule has 3 N–H and O–H groups in total. The summed E-state index contributed by atoms with van der Waals surface area (Å²) in [6.45, 7) is 13.4. The van der Waals surface area contributed by atoms with Gasteiger partial charge in [0.15, 0.2) is 0 Å². The number of rotatable bonds is 13. The zero-order valence-electron chi connectivity index (χ0n) is 23.7. The molecule has 7 nitrogen and oxygen atoms in total. The van der Waals surface area contributed by atoms with Crippen LogP contribution in [0.1, 0.15) is 59.4 Å². The molecule has 0 aliphatic carbocycles. The van der Waals surface area contributed by atoms with E-state index in [-0.39, 0.29) is 53.6 Å². The highest BCUT2D eigenvalue weighted by molar-refractivity contribution is 5.90. The second-order valence-corrected chi connectivity index (χ2v) is 9.18. The summed E-state index contributed by atoms with van der Waals surface area (Å²) in [5.41, 5.74) is -0.808. The van der Waals surface area contributed by atoms with Crippen LogP contribution in [0.15, 0.2) is 41.9 Å². The first-order valence-electron chi connectivity index (χ1n) is 12.9. The molecule has 0 aliphatic heterocycles. The third-order valence-corrected chi connectivity index (χ3v) is 5.19. The van der Waals surface area contributed by atoms with E-state index in [1.165, 1.54) is 58.2 Å². The Hall–Kier alpha value is -3.53. The van der Waals surface area contributed by atoms with E-state index in [2.05, 4.69) is 41.4 Å². The van der Waals surface area contributed by atoms with Crippen molar-refractivity contribution in [1.29, 1.82) is 0 Å². The Morgan fingerprint density at radius 3 is 2.33 bits per heavy atom. The van der Waals surface area contributed by atoms with Gasteiger partial charge in [-0.15, -0.1) is 0 Å². The van der Waals surface area contributed by atoms with Crippen LogP contribution in [-0.2, 0) is 4.74 Å². The summed E-state index contributed by atoms with van der Waals surface area (Å²) < 4.78 is 53.5. The number of alkyl halides is 1.